The Bertz CT molecular complexity index is 804. The van der Waals surface area contributed by atoms with Crippen LogP contribution in [0.1, 0.15) is 17.8 Å². The van der Waals surface area contributed by atoms with E-state index in [2.05, 4.69) is 45.7 Å². The smallest absolute Gasteiger partial charge is 0.233 e. The summed E-state index contributed by atoms with van der Waals surface area (Å²) in [5, 5.41) is 0. The van der Waals surface area contributed by atoms with Crippen LogP contribution in [-0.2, 0) is 25.9 Å². The largest absolute Gasteiger partial charge is 0.257 e. The first kappa shape index (κ1) is 14.2. The molecule has 0 aliphatic carbocycles. The minimum Gasteiger partial charge on any atom is -0.233 e. The summed E-state index contributed by atoms with van der Waals surface area (Å²) in [5.41, 5.74) is 3.65. The highest BCUT2D eigenvalue weighted by Crippen LogP contribution is 2.25. The van der Waals surface area contributed by atoms with E-state index >= 15 is 0 Å². The molecule has 0 saturated carbocycles. The lowest BCUT2D eigenvalue weighted by atomic mass is 10.1. The average Bonchev–Trinajstić information content (AvgIpc) is 3.18. The fourth-order valence-corrected chi connectivity index (χ4v) is 3.45. The van der Waals surface area contributed by atoms with Gasteiger partial charge in [-0.1, -0.05) is 30.3 Å². The Morgan fingerprint density at radius 3 is 2.57 bits per heavy atom. The van der Waals surface area contributed by atoms with Crippen LogP contribution in [0.15, 0.2) is 60.8 Å². The molecule has 23 heavy (non-hydrogen) atoms. The molecule has 116 valence electrons. The van der Waals surface area contributed by atoms with Gasteiger partial charge < -0.3 is 0 Å². The Balaban J connectivity index is 1.63. The van der Waals surface area contributed by atoms with Crippen molar-refractivity contribution in [1.29, 1.82) is 0 Å². The van der Waals surface area contributed by atoms with Crippen LogP contribution in [0, 0.1) is 5.82 Å². The van der Waals surface area contributed by atoms with E-state index in [0.29, 0.717) is 0 Å². The predicted molar refractivity (Wildman–Crippen MR) is 88.5 cm³/mol. The highest BCUT2D eigenvalue weighted by molar-refractivity contribution is 5.58. The molecule has 0 spiro atoms. The zero-order valence-electron chi connectivity index (χ0n) is 13.1. The molecule has 0 atom stereocenters. The Kier molecular flexibility index (Phi) is 3.70. The number of imidazole rings is 1. The molecule has 2 nitrogen and oxygen atoms in total. The summed E-state index contributed by atoms with van der Waals surface area (Å²) in [7, 11) is 0. The Morgan fingerprint density at radius 1 is 1.00 bits per heavy atom. The van der Waals surface area contributed by atoms with Crippen LogP contribution in [0.2, 0.25) is 0 Å². The van der Waals surface area contributed by atoms with Gasteiger partial charge in [-0.25, -0.2) is 13.5 Å². The van der Waals surface area contributed by atoms with E-state index in [4.69, 9.17) is 0 Å². The fourth-order valence-electron chi connectivity index (χ4n) is 3.45. The van der Waals surface area contributed by atoms with Crippen LogP contribution in [0.4, 0.5) is 4.39 Å². The van der Waals surface area contributed by atoms with Crippen molar-refractivity contribution in [2.75, 3.05) is 0 Å². The summed E-state index contributed by atoms with van der Waals surface area (Å²) in [4.78, 5) is 0. The first-order valence-corrected chi connectivity index (χ1v) is 8.23. The molecule has 0 unspecified atom stereocenters. The number of rotatable bonds is 4. The number of aryl methyl sites for hydroxylation is 2. The standard InChI is InChI=1S/C20H20FN2/c21-18-10-8-17(9-11-18)19-15-22(20-7-4-13-23(19)20)14-12-16-5-2-1-3-6-16/h1-3,5-6,8-11,15H,4,7,12-14H2/q+1. The van der Waals surface area contributed by atoms with Gasteiger partial charge in [-0.05, 0) is 36.2 Å². The van der Waals surface area contributed by atoms with E-state index < -0.39 is 0 Å². The van der Waals surface area contributed by atoms with Gasteiger partial charge in [-0.15, -0.1) is 0 Å². The molecule has 3 aromatic rings. The molecule has 0 amide bonds. The maximum Gasteiger partial charge on any atom is 0.257 e. The van der Waals surface area contributed by atoms with Crippen LogP contribution in [0.3, 0.4) is 0 Å². The number of aromatic nitrogens is 2. The predicted octanol–water partition coefficient (Wildman–Crippen LogP) is 3.77. The van der Waals surface area contributed by atoms with Crippen LogP contribution >= 0.6 is 0 Å². The van der Waals surface area contributed by atoms with E-state index in [1.54, 1.807) is 12.1 Å². The third-order valence-corrected chi connectivity index (χ3v) is 4.62. The van der Waals surface area contributed by atoms with E-state index in [9.17, 15) is 4.39 Å². The zero-order chi connectivity index (χ0) is 15.6. The topological polar surface area (TPSA) is 8.81 Å². The van der Waals surface area contributed by atoms with Gasteiger partial charge in [-0.3, -0.25) is 0 Å². The number of nitrogens with zero attached hydrogens (tertiary/aromatic N) is 2. The number of benzene rings is 2. The number of hydrogen-bond donors (Lipinski definition) is 0. The van der Waals surface area contributed by atoms with Gasteiger partial charge in [0.05, 0.1) is 19.5 Å². The number of fused-ring (bicyclic) bond motifs is 1. The minimum absolute atomic E-state index is 0.182. The van der Waals surface area contributed by atoms with Crippen molar-refractivity contribution in [2.45, 2.75) is 32.4 Å². The van der Waals surface area contributed by atoms with Crippen molar-refractivity contribution in [3.63, 3.8) is 0 Å². The summed E-state index contributed by atoms with van der Waals surface area (Å²) in [6, 6.07) is 17.4. The van der Waals surface area contributed by atoms with E-state index in [-0.39, 0.29) is 5.82 Å². The van der Waals surface area contributed by atoms with Crippen LogP contribution < -0.4 is 4.57 Å². The second-order valence-electron chi connectivity index (χ2n) is 6.12. The van der Waals surface area contributed by atoms with Gasteiger partial charge in [0.1, 0.15) is 12.0 Å². The molecule has 2 aromatic carbocycles. The Hall–Kier alpha value is -2.42. The van der Waals surface area contributed by atoms with E-state index in [1.807, 2.05) is 12.1 Å². The van der Waals surface area contributed by atoms with Gasteiger partial charge in [0, 0.05) is 12.0 Å². The van der Waals surface area contributed by atoms with Crippen molar-refractivity contribution in [3.05, 3.63) is 78.0 Å². The Labute approximate surface area is 135 Å². The fraction of sp³-hybridized carbons (Fsp3) is 0.250. The molecule has 1 aliphatic rings. The first-order chi connectivity index (χ1) is 11.3. The summed E-state index contributed by atoms with van der Waals surface area (Å²) in [6.07, 6.45) is 5.57. The molecule has 0 bridgehead atoms. The van der Waals surface area contributed by atoms with E-state index in [1.165, 1.54) is 23.5 Å². The highest BCUT2D eigenvalue weighted by Gasteiger charge is 2.28. The molecular weight excluding hydrogens is 287 g/mol. The van der Waals surface area contributed by atoms with Crippen LogP contribution in [0.25, 0.3) is 11.3 Å². The molecule has 0 radical (unpaired) electrons. The van der Waals surface area contributed by atoms with Gasteiger partial charge in [-0.2, -0.15) is 0 Å². The molecule has 2 heterocycles. The van der Waals surface area contributed by atoms with E-state index in [0.717, 1.165) is 31.5 Å². The highest BCUT2D eigenvalue weighted by atomic mass is 19.1. The second kappa shape index (κ2) is 5.99. The van der Waals surface area contributed by atoms with Gasteiger partial charge in [0.15, 0.2) is 5.69 Å². The maximum atomic E-state index is 13.2. The summed E-state index contributed by atoms with van der Waals surface area (Å²) in [5.74, 6) is 1.21. The van der Waals surface area contributed by atoms with Crippen molar-refractivity contribution < 1.29 is 8.96 Å². The van der Waals surface area contributed by atoms with Gasteiger partial charge >= 0.3 is 0 Å². The molecule has 3 heteroatoms. The molecular formula is C20H20FN2+. The first-order valence-electron chi connectivity index (χ1n) is 8.23. The summed E-state index contributed by atoms with van der Waals surface area (Å²) in [6.45, 7) is 2.04. The monoisotopic (exact) mass is 307 g/mol. The molecule has 1 aliphatic heterocycles. The second-order valence-corrected chi connectivity index (χ2v) is 6.12. The normalized spacial score (nSPS) is 13.3. The quantitative estimate of drug-likeness (QED) is 0.649. The minimum atomic E-state index is -0.182. The van der Waals surface area contributed by atoms with Crippen molar-refractivity contribution in [3.8, 4) is 11.3 Å². The lowest BCUT2D eigenvalue weighted by molar-refractivity contribution is -0.702. The number of halogens is 1. The lowest BCUT2D eigenvalue weighted by Crippen LogP contribution is -2.37. The summed E-state index contributed by atoms with van der Waals surface area (Å²) < 4.78 is 17.9. The lowest BCUT2D eigenvalue weighted by Gasteiger charge is -2.00. The SMILES string of the molecule is Fc1ccc(-c2c[n+](CCc3ccccc3)c3n2CCC3)cc1. The Morgan fingerprint density at radius 2 is 1.78 bits per heavy atom. The average molecular weight is 307 g/mol. The van der Waals surface area contributed by atoms with Crippen molar-refractivity contribution in [2.24, 2.45) is 0 Å². The third kappa shape index (κ3) is 2.79. The zero-order valence-corrected chi connectivity index (χ0v) is 13.1. The van der Waals surface area contributed by atoms with Crippen LogP contribution in [0.5, 0.6) is 0 Å². The molecule has 0 fully saturated rings. The van der Waals surface area contributed by atoms with Gasteiger partial charge in [0.25, 0.3) is 5.82 Å². The molecule has 4 rings (SSSR count). The molecule has 0 saturated heterocycles. The van der Waals surface area contributed by atoms with Crippen LogP contribution in [-0.4, -0.2) is 4.57 Å². The van der Waals surface area contributed by atoms with Crippen molar-refractivity contribution in [1.82, 2.24) is 4.57 Å². The van der Waals surface area contributed by atoms with Gasteiger partial charge in [0.2, 0.25) is 0 Å². The molecule has 1 aromatic heterocycles. The number of hydrogen-bond acceptors (Lipinski definition) is 0. The third-order valence-electron chi connectivity index (χ3n) is 4.62. The molecule has 0 N–H and O–H groups in total. The van der Waals surface area contributed by atoms with Crippen molar-refractivity contribution >= 4 is 0 Å². The summed E-state index contributed by atoms with van der Waals surface area (Å²) >= 11 is 0. The maximum absolute atomic E-state index is 13.2.